The number of aromatic hydroxyl groups is 7. The van der Waals surface area contributed by atoms with Crippen LogP contribution in [-0.2, 0) is 41.5 Å². The molecule has 52 heavy (non-hydrogen) atoms. The lowest BCUT2D eigenvalue weighted by molar-refractivity contribution is -0.166. The molecule has 0 aliphatic carbocycles. The Labute approximate surface area is 292 Å². The fraction of sp³-hybridized carbons (Fsp3) is 0.167. The average Bonchev–Trinajstić information content (AvgIpc) is 3.50. The van der Waals surface area contributed by atoms with E-state index in [1.165, 1.54) is 24.3 Å². The van der Waals surface area contributed by atoms with Gasteiger partial charge in [0.25, 0.3) is 0 Å². The molecule has 4 atom stereocenters. The Balaban J connectivity index is 1.47. The van der Waals surface area contributed by atoms with Gasteiger partial charge < -0.3 is 60.2 Å². The number of phenolic OH excluding ortho intramolecular Hbond substituents is 7. The number of phenols is 7. The van der Waals surface area contributed by atoms with Gasteiger partial charge in [-0.05, 0) is 70.8 Å². The monoisotopic (exact) mass is 718 g/mol. The van der Waals surface area contributed by atoms with Crippen LogP contribution in [-0.4, -0.2) is 82.0 Å². The van der Waals surface area contributed by atoms with Gasteiger partial charge in [0.05, 0.1) is 0 Å². The summed E-state index contributed by atoms with van der Waals surface area (Å²) < 4.78 is 16.5. The van der Waals surface area contributed by atoms with E-state index in [0.717, 1.165) is 54.6 Å². The van der Waals surface area contributed by atoms with Gasteiger partial charge in [-0.2, -0.15) is 0 Å². The van der Waals surface area contributed by atoms with Crippen molar-refractivity contribution in [1.29, 1.82) is 0 Å². The van der Waals surface area contributed by atoms with E-state index in [1.54, 1.807) is 0 Å². The van der Waals surface area contributed by atoms with E-state index in [4.69, 9.17) is 14.2 Å². The number of carbonyl (C=O) groups excluding carboxylic acids is 2. The highest BCUT2D eigenvalue weighted by molar-refractivity contribution is 5.92. The normalized spacial score (nSPS) is 16.0. The fourth-order valence-electron chi connectivity index (χ4n) is 5.49. The Bertz CT molecular complexity index is 2090. The Morgan fingerprint density at radius 1 is 0.635 bits per heavy atom. The number of benzene rings is 4. The van der Waals surface area contributed by atoms with Gasteiger partial charge >= 0.3 is 23.9 Å². The lowest BCUT2D eigenvalue weighted by atomic mass is 9.87. The Morgan fingerprint density at radius 3 is 1.65 bits per heavy atom. The van der Waals surface area contributed by atoms with Crippen LogP contribution in [0.15, 0.2) is 72.8 Å². The Kier molecular flexibility index (Phi) is 10.3. The minimum Gasteiger partial charge on any atom is -0.504 e. The summed E-state index contributed by atoms with van der Waals surface area (Å²) in [5.74, 6) is -10.8. The Hall–Kier alpha value is -7.10. The van der Waals surface area contributed by atoms with E-state index in [-0.39, 0.29) is 40.0 Å². The van der Waals surface area contributed by atoms with E-state index in [1.807, 2.05) is 0 Å². The number of carbonyl (C=O) groups is 4. The first-order valence-corrected chi connectivity index (χ1v) is 15.2. The Morgan fingerprint density at radius 2 is 1.13 bits per heavy atom. The second kappa shape index (κ2) is 14.8. The molecule has 0 spiro atoms. The summed E-state index contributed by atoms with van der Waals surface area (Å²) in [7, 11) is 0. The maximum atomic E-state index is 13.9. The lowest BCUT2D eigenvalue weighted by Gasteiger charge is -2.22. The van der Waals surface area contributed by atoms with E-state index in [2.05, 4.69) is 0 Å². The van der Waals surface area contributed by atoms with E-state index >= 15 is 0 Å². The number of ether oxygens (including phenoxy) is 3. The smallest absolute Gasteiger partial charge is 0.345 e. The van der Waals surface area contributed by atoms with Crippen molar-refractivity contribution in [2.45, 2.75) is 37.1 Å². The number of esters is 2. The molecule has 270 valence electrons. The first-order chi connectivity index (χ1) is 24.6. The minimum atomic E-state index is -1.84. The standard InChI is InChI=1S/C36H30O16/c37-20-6-1-16(11-24(20)41)13-27(34(45)46)50-29(44)10-5-18-3-9-23(40)33-30(18)31(32(52-33)19-4-8-22(39)26(43)15-19)36(49)51-28(35(47)48)14-17-2-7-21(38)25(42)12-17/h1-12,15,27-28,31-32,37-43H,13-14H2,(H,45,46)(H,47,48)/b10-5+/t27-,28+,31+,32-/m1/s1. The second-order valence-electron chi connectivity index (χ2n) is 11.6. The van der Waals surface area contributed by atoms with Crippen LogP contribution in [0.25, 0.3) is 6.08 Å². The summed E-state index contributed by atoms with van der Waals surface area (Å²) in [6.07, 6.45) is -3.85. The van der Waals surface area contributed by atoms with Crippen LogP contribution in [0.4, 0.5) is 0 Å². The van der Waals surface area contributed by atoms with Crippen LogP contribution in [0.1, 0.15) is 39.8 Å². The van der Waals surface area contributed by atoms with E-state index < -0.39 is 94.8 Å². The molecule has 0 saturated carbocycles. The van der Waals surface area contributed by atoms with Crippen molar-refractivity contribution in [2.75, 3.05) is 0 Å². The van der Waals surface area contributed by atoms with Crippen molar-refractivity contribution in [3.63, 3.8) is 0 Å². The van der Waals surface area contributed by atoms with Crippen LogP contribution in [0.5, 0.6) is 46.0 Å². The predicted molar refractivity (Wildman–Crippen MR) is 175 cm³/mol. The summed E-state index contributed by atoms with van der Waals surface area (Å²) in [6, 6.07) is 13.0. The topological polar surface area (TPSA) is 278 Å². The number of carboxylic acid groups (broad SMARTS) is 2. The van der Waals surface area contributed by atoms with Crippen molar-refractivity contribution in [3.8, 4) is 46.0 Å². The molecule has 4 aromatic carbocycles. The summed E-state index contributed by atoms with van der Waals surface area (Å²) in [5.41, 5.74) is 0.445. The van der Waals surface area contributed by atoms with E-state index in [9.17, 15) is 65.1 Å². The molecule has 5 rings (SSSR count). The van der Waals surface area contributed by atoms with E-state index in [0.29, 0.717) is 0 Å². The van der Waals surface area contributed by atoms with Gasteiger partial charge in [-0.1, -0.05) is 24.3 Å². The maximum Gasteiger partial charge on any atom is 0.345 e. The van der Waals surface area contributed by atoms with Crippen molar-refractivity contribution >= 4 is 30.0 Å². The first-order valence-electron chi connectivity index (χ1n) is 15.2. The number of carboxylic acids is 2. The summed E-state index contributed by atoms with van der Waals surface area (Å²) in [6.45, 7) is 0. The molecule has 4 aromatic rings. The number of hydrogen-bond donors (Lipinski definition) is 9. The van der Waals surface area contributed by atoms with Gasteiger partial charge in [-0.3, -0.25) is 4.79 Å². The average molecular weight is 719 g/mol. The highest BCUT2D eigenvalue weighted by atomic mass is 16.6. The highest BCUT2D eigenvalue weighted by Gasteiger charge is 2.46. The number of aliphatic carboxylic acids is 2. The molecule has 0 aromatic heterocycles. The molecular weight excluding hydrogens is 688 g/mol. The zero-order chi connectivity index (χ0) is 37.9. The summed E-state index contributed by atoms with van der Waals surface area (Å²) >= 11 is 0. The minimum absolute atomic E-state index is 0.0443. The third kappa shape index (κ3) is 7.86. The lowest BCUT2D eigenvalue weighted by Crippen LogP contribution is -2.33. The SMILES string of the molecule is O=C(/C=C/c1ccc(O)c2c1[C@H](C(=O)O[C@@H](Cc1ccc(O)c(O)c1)C(=O)O)[C@@H](c1ccc(O)c(O)c1)O2)O[C@H](Cc1ccc(O)c(O)c1)C(=O)O. The largest absolute Gasteiger partial charge is 0.504 e. The van der Waals surface area contributed by atoms with Crippen LogP contribution in [0.2, 0.25) is 0 Å². The molecule has 16 nitrogen and oxygen atoms in total. The predicted octanol–water partition coefficient (Wildman–Crippen LogP) is 3.33. The van der Waals surface area contributed by atoms with Crippen LogP contribution < -0.4 is 4.74 Å². The highest BCUT2D eigenvalue weighted by Crippen LogP contribution is 2.53. The zero-order valence-corrected chi connectivity index (χ0v) is 26.6. The third-order valence-corrected chi connectivity index (χ3v) is 8.04. The van der Waals surface area contributed by atoms with Crippen LogP contribution in [0.3, 0.4) is 0 Å². The first kappa shape index (κ1) is 36.2. The molecule has 9 N–H and O–H groups in total. The van der Waals surface area contributed by atoms with Gasteiger partial charge in [0.15, 0.2) is 46.0 Å². The number of hydrogen-bond acceptors (Lipinski definition) is 14. The van der Waals surface area contributed by atoms with Crippen LogP contribution >= 0.6 is 0 Å². The summed E-state index contributed by atoms with van der Waals surface area (Å²) in [4.78, 5) is 50.9. The number of fused-ring (bicyclic) bond motifs is 1. The molecule has 1 aliphatic rings. The van der Waals surface area contributed by atoms with Crippen molar-refractivity contribution in [3.05, 3.63) is 101 Å². The molecule has 0 saturated heterocycles. The molecule has 0 amide bonds. The molecule has 1 heterocycles. The molecule has 0 radical (unpaired) electrons. The molecule has 16 heteroatoms. The van der Waals surface area contributed by atoms with Gasteiger partial charge in [0.1, 0.15) is 12.0 Å². The molecular formula is C36H30O16. The molecule has 0 bridgehead atoms. The van der Waals surface area contributed by atoms with Crippen LogP contribution in [0, 0.1) is 0 Å². The van der Waals surface area contributed by atoms with Gasteiger partial charge in [-0.15, -0.1) is 0 Å². The van der Waals surface area contributed by atoms with Gasteiger partial charge in [0, 0.05) is 24.5 Å². The van der Waals surface area contributed by atoms with Gasteiger partial charge in [0.2, 0.25) is 12.2 Å². The fourth-order valence-corrected chi connectivity index (χ4v) is 5.49. The second-order valence-corrected chi connectivity index (χ2v) is 11.6. The van der Waals surface area contributed by atoms with Crippen molar-refractivity contribution in [1.82, 2.24) is 0 Å². The van der Waals surface area contributed by atoms with Gasteiger partial charge in [-0.25, -0.2) is 14.4 Å². The molecule has 0 unspecified atom stereocenters. The zero-order valence-electron chi connectivity index (χ0n) is 26.6. The molecule has 1 aliphatic heterocycles. The summed E-state index contributed by atoms with van der Waals surface area (Å²) in [5, 5.41) is 89.1. The van der Waals surface area contributed by atoms with Crippen molar-refractivity contribution in [2.24, 2.45) is 0 Å². The quantitative estimate of drug-likeness (QED) is 0.0577. The maximum absolute atomic E-state index is 13.9. The third-order valence-electron chi connectivity index (χ3n) is 8.04. The van der Waals surface area contributed by atoms with Crippen molar-refractivity contribution < 1.29 is 79.3 Å². The molecule has 0 fully saturated rings. The number of rotatable bonds is 12.